The summed E-state index contributed by atoms with van der Waals surface area (Å²) in [5.74, 6) is 0.106. The quantitative estimate of drug-likeness (QED) is 0.861. The fourth-order valence-electron chi connectivity index (χ4n) is 2.93. The van der Waals surface area contributed by atoms with E-state index in [1.165, 1.54) is 6.07 Å². The molecule has 1 saturated heterocycles. The SMILES string of the molecule is COc1cccc(CCC(=O)Nc2cc(N3CCOCC3)ccc2F)c1. The summed E-state index contributed by atoms with van der Waals surface area (Å²) < 4.78 is 24.6. The molecule has 0 saturated carbocycles. The summed E-state index contributed by atoms with van der Waals surface area (Å²) >= 11 is 0. The number of anilines is 2. The van der Waals surface area contributed by atoms with Crippen molar-refractivity contribution in [3.63, 3.8) is 0 Å². The first-order valence-corrected chi connectivity index (χ1v) is 8.71. The molecule has 2 aromatic carbocycles. The van der Waals surface area contributed by atoms with Gasteiger partial charge in [-0.2, -0.15) is 0 Å². The average molecular weight is 358 g/mol. The highest BCUT2D eigenvalue weighted by Crippen LogP contribution is 2.24. The Bertz CT molecular complexity index is 760. The van der Waals surface area contributed by atoms with Crippen molar-refractivity contribution in [1.29, 1.82) is 0 Å². The fourth-order valence-corrected chi connectivity index (χ4v) is 2.93. The predicted octanol–water partition coefficient (Wildman–Crippen LogP) is 3.24. The molecule has 1 aliphatic rings. The molecule has 0 spiro atoms. The third kappa shape index (κ3) is 4.73. The molecule has 2 aromatic rings. The zero-order valence-corrected chi connectivity index (χ0v) is 14.8. The Morgan fingerprint density at radius 2 is 2.04 bits per heavy atom. The summed E-state index contributed by atoms with van der Waals surface area (Å²) in [6, 6.07) is 12.4. The van der Waals surface area contributed by atoms with E-state index in [2.05, 4.69) is 10.2 Å². The van der Waals surface area contributed by atoms with Gasteiger partial charge in [0.25, 0.3) is 0 Å². The molecule has 0 unspecified atom stereocenters. The van der Waals surface area contributed by atoms with Crippen LogP contribution in [0.25, 0.3) is 0 Å². The summed E-state index contributed by atoms with van der Waals surface area (Å²) in [6.45, 7) is 2.82. The van der Waals surface area contributed by atoms with Crippen molar-refractivity contribution in [2.75, 3.05) is 43.6 Å². The topological polar surface area (TPSA) is 50.8 Å². The van der Waals surface area contributed by atoms with Crippen LogP contribution in [0.3, 0.4) is 0 Å². The van der Waals surface area contributed by atoms with Crippen LogP contribution >= 0.6 is 0 Å². The van der Waals surface area contributed by atoms with Crippen molar-refractivity contribution < 1.29 is 18.7 Å². The first kappa shape index (κ1) is 18.2. The maximum absolute atomic E-state index is 14.1. The number of aryl methyl sites for hydroxylation is 1. The maximum atomic E-state index is 14.1. The number of rotatable bonds is 6. The van der Waals surface area contributed by atoms with E-state index in [1.807, 2.05) is 24.3 Å². The van der Waals surface area contributed by atoms with Crippen molar-refractivity contribution >= 4 is 17.3 Å². The van der Waals surface area contributed by atoms with Crippen LogP contribution in [0.1, 0.15) is 12.0 Å². The largest absolute Gasteiger partial charge is 0.497 e. The highest BCUT2D eigenvalue weighted by molar-refractivity contribution is 5.91. The van der Waals surface area contributed by atoms with Gasteiger partial charge in [0.15, 0.2) is 0 Å². The molecule has 0 atom stereocenters. The van der Waals surface area contributed by atoms with Gasteiger partial charge in [-0.25, -0.2) is 4.39 Å². The van der Waals surface area contributed by atoms with Gasteiger partial charge in [-0.05, 0) is 42.3 Å². The second-order valence-electron chi connectivity index (χ2n) is 6.16. The molecule has 1 aliphatic heterocycles. The highest BCUT2D eigenvalue weighted by Gasteiger charge is 2.14. The number of ether oxygens (including phenoxy) is 2. The lowest BCUT2D eigenvalue weighted by atomic mass is 10.1. The van der Waals surface area contributed by atoms with E-state index in [0.29, 0.717) is 19.6 Å². The van der Waals surface area contributed by atoms with Crippen molar-refractivity contribution in [1.82, 2.24) is 0 Å². The second kappa shape index (κ2) is 8.67. The van der Waals surface area contributed by atoms with Gasteiger partial charge in [-0.15, -0.1) is 0 Å². The van der Waals surface area contributed by atoms with Crippen LogP contribution in [-0.4, -0.2) is 39.3 Å². The molecule has 5 nitrogen and oxygen atoms in total. The Labute approximate surface area is 152 Å². The number of methoxy groups -OCH3 is 1. The molecule has 0 bridgehead atoms. The Kier molecular flexibility index (Phi) is 6.07. The molecule has 1 N–H and O–H groups in total. The molecule has 6 heteroatoms. The summed E-state index contributed by atoms with van der Waals surface area (Å²) in [4.78, 5) is 14.4. The van der Waals surface area contributed by atoms with Gasteiger partial charge in [0, 0.05) is 25.2 Å². The van der Waals surface area contributed by atoms with E-state index in [-0.39, 0.29) is 18.0 Å². The van der Waals surface area contributed by atoms with Crippen LogP contribution in [0, 0.1) is 5.82 Å². The van der Waals surface area contributed by atoms with Crippen molar-refractivity contribution in [3.8, 4) is 5.75 Å². The molecule has 1 fully saturated rings. The van der Waals surface area contributed by atoms with Gasteiger partial charge in [0.2, 0.25) is 5.91 Å². The van der Waals surface area contributed by atoms with Crippen molar-refractivity contribution in [3.05, 3.63) is 53.8 Å². The van der Waals surface area contributed by atoms with Crippen molar-refractivity contribution in [2.24, 2.45) is 0 Å². The van der Waals surface area contributed by atoms with Crippen LogP contribution in [0.5, 0.6) is 5.75 Å². The monoisotopic (exact) mass is 358 g/mol. The minimum Gasteiger partial charge on any atom is -0.497 e. The third-order valence-electron chi connectivity index (χ3n) is 4.38. The number of benzene rings is 2. The predicted molar refractivity (Wildman–Crippen MR) is 99.4 cm³/mol. The average Bonchev–Trinajstić information content (AvgIpc) is 2.69. The molecule has 0 radical (unpaired) electrons. The van der Waals surface area contributed by atoms with Crippen LogP contribution in [-0.2, 0) is 16.0 Å². The van der Waals surface area contributed by atoms with E-state index in [9.17, 15) is 9.18 Å². The van der Waals surface area contributed by atoms with E-state index in [0.717, 1.165) is 30.1 Å². The lowest BCUT2D eigenvalue weighted by Gasteiger charge is -2.29. The molecule has 0 aromatic heterocycles. The fraction of sp³-hybridized carbons (Fsp3) is 0.350. The number of nitrogens with one attached hydrogen (secondary N) is 1. The van der Waals surface area contributed by atoms with Crippen LogP contribution in [0.4, 0.5) is 15.8 Å². The van der Waals surface area contributed by atoms with Gasteiger partial charge in [-0.1, -0.05) is 12.1 Å². The number of halogens is 1. The molecule has 138 valence electrons. The van der Waals surface area contributed by atoms with E-state index in [4.69, 9.17) is 9.47 Å². The Morgan fingerprint density at radius 1 is 1.23 bits per heavy atom. The van der Waals surface area contributed by atoms with Gasteiger partial charge in [0.1, 0.15) is 11.6 Å². The van der Waals surface area contributed by atoms with Gasteiger partial charge < -0.3 is 19.7 Å². The highest BCUT2D eigenvalue weighted by atomic mass is 19.1. The van der Waals surface area contributed by atoms with E-state index >= 15 is 0 Å². The first-order chi connectivity index (χ1) is 12.7. The van der Waals surface area contributed by atoms with Crippen molar-refractivity contribution in [2.45, 2.75) is 12.8 Å². The Morgan fingerprint density at radius 3 is 2.81 bits per heavy atom. The number of nitrogens with zero attached hydrogens (tertiary/aromatic N) is 1. The normalized spacial score (nSPS) is 14.2. The summed E-state index contributed by atoms with van der Waals surface area (Å²) in [6.07, 6.45) is 0.836. The molecule has 3 rings (SSSR count). The second-order valence-corrected chi connectivity index (χ2v) is 6.16. The number of hydrogen-bond donors (Lipinski definition) is 1. The number of morpholine rings is 1. The molecule has 1 amide bonds. The number of hydrogen-bond acceptors (Lipinski definition) is 4. The lowest BCUT2D eigenvalue weighted by molar-refractivity contribution is -0.116. The molecule has 0 aliphatic carbocycles. The van der Waals surface area contributed by atoms with Crippen LogP contribution < -0.4 is 15.0 Å². The maximum Gasteiger partial charge on any atom is 0.224 e. The molecular weight excluding hydrogens is 335 g/mol. The smallest absolute Gasteiger partial charge is 0.224 e. The zero-order valence-electron chi connectivity index (χ0n) is 14.8. The minimum absolute atomic E-state index is 0.213. The summed E-state index contributed by atoms with van der Waals surface area (Å²) in [7, 11) is 1.61. The number of carbonyl (C=O) groups excluding carboxylic acids is 1. The number of carbonyl (C=O) groups is 1. The molecular formula is C20H23FN2O3. The summed E-state index contributed by atoms with van der Waals surface area (Å²) in [5.41, 5.74) is 2.10. The standard InChI is InChI=1S/C20H23FN2O3/c1-25-17-4-2-3-15(13-17)5-8-20(24)22-19-14-16(6-7-18(19)21)23-9-11-26-12-10-23/h2-4,6-7,13-14H,5,8-12H2,1H3,(H,22,24). The van der Waals surface area contributed by atoms with Crippen LogP contribution in [0.2, 0.25) is 0 Å². The number of amides is 1. The summed E-state index contributed by atoms with van der Waals surface area (Å²) in [5, 5.41) is 2.69. The zero-order chi connectivity index (χ0) is 18.4. The van der Waals surface area contributed by atoms with Gasteiger partial charge in [-0.3, -0.25) is 4.79 Å². The van der Waals surface area contributed by atoms with E-state index in [1.54, 1.807) is 19.2 Å². The molecule has 1 heterocycles. The Balaban J connectivity index is 1.61. The third-order valence-corrected chi connectivity index (χ3v) is 4.38. The lowest BCUT2D eigenvalue weighted by Crippen LogP contribution is -2.36. The van der Waals surface area contributed by atoms with E-state index < -0.39 is 5.82 Å². The van der Waals surface area contributed by atoms with Crippen LogP contribution in [0.15, 0.2) is 42.5 Å². The molecule has 26 heavy (non-hydrogen) atoms. The van der Waals surface area contributed by atoms with Gasteiger partial charge in [0.05, 0.1) is 26.0 Å². The van der Waals surface area contributed by atoms with Gasteiger partial charge >= 0.3 is 0 Å². The minimum atomic E-state index is -0.434. The first-order valence-electron chi connectivity index (χ1n) is 8.71. The Hall–Kier alpha value is -2.60.